The summed E-state index contributed by atoms with van der Waals surface area (Å²) in [6.45, 7) is 0.936. The van der Waals surface area contributed by atoms with Crippen LogP contribution in [0.1, 0.15) is 37.7 Å². The zero-order valence-electron chi connectivity index (χ0n) is 18.5. The average molecular weight is 484 g/mol. The maximum atomic E-state index is 12.9. The Morgan fingerprint density at radius 1 is 1.19 bits per heavy atom. The van der Waals surface area contributed by atoms with Gasteiger partial charge in [-0.15, -0.1) is 11.8 Å². The molecular formula is C22H33N3O5S2. The molecular weight excluding hydrogens is 450 g/mol. The van der Waals surface area contributed by atoms with Crippen LogP contribution in [-0.2, 0) is 26.0 Å². The largest absolute Gasteiger partial charge is 0.497 e. The number of benzene rings is 1. The second-order valence-electron chi connectivity index (χ2n) is 8.41. The lowest BCUT2D eigenvalue weighted by Crippen LogP contribution is -2.53. The molecule has 2 fully saturated rings. The van der Waals surface area contributed by atoms with E-state index in [1.54, 1.807) is 19.2 Å². The Kier molecular flexibility index (Phi) is 9.24. The van der Waals surface area contributed by atoms with Gasteiger partial charge in [0.05, 0.1) is 18.6 Å². The monoisotopic (exact) mass is 483 g/mol. The lowest BCUT2D eigenvalue weighted by molar-refractivity contribution is -0.128. The van der Waals surface area contributed by atoms with Crippen molar-refractivity contribution in [3.8, 4) is 5.75 Å². The Labute approximate surface area is 194 Å². The molecule has 1 aromatic carbocycles. The molecule has 10 heteroatoms. The summed E-state index contributed by atoms with van der Waals surface area (Å²) in [5, 5.41) is 8.04. The Morgan fingerprint density at radius 2 is 1.91 bits per heavy atom. The van der Waals surface area contributed by atoms with Crippen LogP contribution in [0, 0.1) is 5.92 Å². The molecule has 0 aromatic heterocycles. The molecule has 2 amide bonds. The van der Waals surface area contributed by atoms with Gasteiger partial charge in [0, 0.05) is 18.8 Å². The molecule has 0 unspecified atom stereocenters. The minimum atomic E-state index is -3.51. The molecule has 0 radical (unpaired) electrons. The van der Waals surface area contributed by atoms with Crippen LogP contribution >= 0.6 is 11.8 Å². The highest BCUT2D eigenvalue weighted by Crippen LogP contribution is 2.25. The number of carbonyl (C=O) groups is 2. The first kappa shape index (κ1) is 24.9. The van der Waals surface area contributed by atoms with Gasteiger partial charge in [0.2, 0.25) is 11.8 Å². The lowest BCUT2D eigenvalue weighted by atomic mass is 9.91. The van der Waals surface area contributed by atoms with E-state index in [1.165, 1.54) is 11.8 Å². The summed E-state index contributed by atoms with van der Waals surface area (Å²) in [6.07, 6.45) is 5.06. The SMILES string of the molecule is COc1ccc(CNC(=O)[C@H](CS(=O)(=O)CC2CCCCC2)NC(=O)[C@H]2NCCS2)cc1. The molecule has 1 saturated heterocycles. The van der Waals surface area contributed by atoms with Crippen molar-refractivity contribution in [3.63, 3.8) is 0 Å². The van der Waals surface area contributed by atoms with Crippen LogP contribution in [0.25, 0.3) is 0 Å². The van der Waals surface area contributed by atoms with Crippen LogP contribution in [-0.4, -0.2) is 62.6 Å². The summed E-state index contributed by atoms with van der Waals surface area (Å²) in [6, 6.07) is 6.10. The fraction of sp³-hybridized carbons (Fsp3) is 0.636. The van der Waals surface area contributed by atoms with Crippen molar-refractivity contribution in [1.29, 1.82) is 0 Å². The highest BCUT2D eigenvalue weighted by molar-refractivity contribution is 8.00. The molecule has 8 nitrogen and oxygen atoms in total. The molecule has 32 heavy (non-hydrogen) atoms. The number of ether oxygens (including phenoxy) is 1. The highest BCUT2D eigenvalue weighted by atomic mass is 32.2. The third-order valence-electron chi connectivity index (χ3n) is 5.85. The first-order chi connectivity index (χ1) is 15.4. The zero-order chi connectivity index (χ0) is 23.0. The lowest BCUT2D eigenvalue weighted by Gasteiger charge is -2.24. The molecule has 1 aliphatic carbocycles. The van der Waals surface area contributed by atoms with E-state index in [-0.39, 0.29) is 29.9 Å². The van der Waals surface area contributed by atoms with Gasteiger partial charge in [-0.2, -0.15) is 0 Å². The summed E-state index contributed by atoms with van der Waals surface area (Å²) < 4.78 is 30.9. The van der Waals surface area contributed by atoms with Crippen LogP contribution in [0.5, 0.6) is 5.75 Å². The van der Waals surface area contributed by atoms with Crippen molar-refractivity contribution < 1.29 is 22.7 Å². The minimum Gasteiger partial charge on any atom is -0.497 e. The van der Waals surface area contributed by atoms with Crippen LogP contribution in [0.3, 0.4) is 0 Å². The predicted molar refractivity (Wildman–Crippen MR) is 126 cm³/mol. The molecule has 1 aliphatic heterocycles. The third kappa shape index (κ3) is 7.67. The molecule has 0 spiro atoms. The molecule has 1 saturated carbocycles. The number of carbonyl (C=O) groups excluding carboxylic acids is 2. The van der Waals surface area contributed by atoms with Crippen molar-refractivity contribution in [3.05, 3.63) is 29.8 Å². The highest BCUT2D eigenvalue weighted by Gasteiger charge is 2.32. The topological polar surface area (TPSA) is 114 Å². The van der Waals surface area contributed by atoms with Gasteiger partial charge >= 0.3 is 0 Å². The number of thioether (sulfide) groups is 1. The van der Waals surface area contributed by atoms with Gasteiger partial charge in [-0.05, 0) is 36.5 Å². The number of hydrogen-bond donors (Lipinski definition) is 3. The molecule has 1 heterocycles. The van der Waals surface area contributed by atoms with Gasteiger partial charge in [-0.1, -0.05) is 31.4 Å². The van der Waals surface area contributed by atoms with Gasteiger partial charge < -0.3 is 15.4 Å². The van der Waals surface area contributed by atoms with Gasteiger partial charge in [0.15, 0.2) is 9.84 Å². The van der Waals surface area contributed by atoms with E-state index in [1.807, 2.05) is 12.1 Å². The first-order valence-electron chi connectivity index (χ1n) is 11.1. The second kappa shape index (κ2) is 11.9. The fourth-order valence-electron chi connectivity index (χ4n) is 4.12. The Hall–Kier alpha value is -1.78. The predicted octanol–water partition coefficient (Wildman–Crippen LogP) is 1.45. The fourth-order valence-corrected chi connectivity index (χ4v) is 6.97. The van der Waals surface area contributed by atoms with Crippen molar-refractivity contribution in [2.45, 2.75) is 50.1 Å². The molecule has 1 aromatic rings. The van der Waals surface area contributed by atoms with E-state index in [0.29, 0.717) is 12.3 Å². The summed E-state index contributed by atoms with van der Waals surface area (Å²) in [7, 11) is -1.93. The zero-order valence-corrected chi connectivity index (χ0v) is 20.1. The second-order valence-corrected chi connectivity index (χ2v) is 11.8. The molecule has 178 valence electrons. The Bertz CT molecular complexity index is 864. The van der Waals surface area contributed by atoms with Crippen molar-refractivity contribution in [2.24, 2.45) is 5.92 Å². The van der Waals surface area contributed by atoms with E-state index in [9.17, 15) is 18.0 Å². The van der Waals surface area contributed by atoms with E-state index in [2.05, 4.69) is 16.0 Å². The number of hydrogen-bond acceptors (Lipinski definition) is 7. The number of methoxy groups -OCH3 is 1. The molecule has 0 bridgehead atoms. The van der Waals surface area contributed by atoms with Crippen molar-refractivity contribution >= 4 is 33.4 Å². The van der Waals surface area contributed by atoms with Gasteiger partial charge in [-0.3, -0.25) is 14.9 Å². The molecule has 3 rings (SSSR count). The van der Waals surface area contributed by atoms with E-state index >= 15 is 0 Å². The maximum Gasteiger partial charge on any atom is 0.248 e. The van der Waals surface area contributed by atoms with Crippen LogP contribution < -0.4 is 20.7 Å². The average Bonchev–Trinajstić information content (AvgIpc) is 3.33. The summed E-state index contributed by atoms with van der Waals surface area (Å²) in [5.41, 5.74) is 0.849. The Morgan fingerprint density at radius 3 is 2.53 bits per heavy atom. The maximum absolute atomic E-state index is 12.9. The van der Waals surface area contributed by atoms with Gasteiger partial charge in [-0.25, -0.2) is 8.42 Å². The van der Waals surface area contributed by atoms with Crippen LogP contribution in [0.2, 0.25) is 0 Å². The summed E-state index contributed by atoms with van der Waals surface area (Å²) in [5.74, 6) is 0.476. The quantitative estimate of drug-likeness (QED) is 0.462. The van der Waals surface area contributed by atoms with E-state index in [4.69, 9.17) is 4.74 Å². The van der Waals surface area contributed by atoms with E-state index < -0.39 is 27.2 Å². The number of amides is 2. The smallest absolute Gasteiger partial charge is 0.248 e. The van der Waals surface area contributed by atoms with Crippen LogP contribution in [0.4, 0.5) is 0 Å². The first-order valence-corrected chi connectivity index (χ1v) is 14.0. The van der Waals surface area contributed by atoms with E-state index in [0.717, 1.165) is 43.4 Å². The van der Waals surface area contributed by atoms with Crippen molar-refractivity contribution in [2.75, 3.05) is 30.9 Å². The van der Waals surface area contributed by atoms with Gasteiger partial charge in [0.25, 0.3) is 0 Å². The number of nitrogens with one attached hydrogen (secondary N) is 3. The summed E-state index contributed by atoms with van der Waals surface area (Å²) >= 11 is 1.45. The molecule has 2 atom stereocenters. The molecule has 2 aliphatic rings. The normalized spacial score (nSPS) is 20.5. The van der Waals surface area contributed by atoms with Crippen molar-refractivity contribution in [1.82, 2.24) is 16.0 Å². The minimum absolute atomic E-state index is 0.0710. The Balaban J connectivity index is 1.63. The number of sulfone groups is 1. The standard InChI is InChI=1S/C22H33N3O5S2/c1-30-18-9-7-16(8-10-18)13-24-20(26)19(25-21(27)22-23-11-12-31-22)15-32(28,29)14-17-5-3-2-4-6-17/h7-10,17,19,22-23H,2-6,11-15H2,1H3,(H,24,26)(H,25,27)/t19-,22-/m0/s1. The molecule has 3 N–H and O–H groups in total. The van der Waals surface area contributed by atoms with Gasteiger partial charge in [0.1, 0.15) is 17.2 Å². The summed E-state index contributed by atoms with van der Waals surface area (Å²) in [4.78, 5) is 25.5. The number of rotatable bonds is 10. The van der Waals surface area contributed by atoms with Crippen LogP contribution in [0.15, 0.2) is 24.3 Å². The third-order valence-corrected chi connectivity index (χ3v) is 8.82.